The minimum Gasteiger partial charge on any atom is -0.497 e. The van der Waals surface area contributed by atoms with Crippen molar-refractivity contribution >= 4 is 47.2 Å². The maximum absolute atomic E-state index is 14.2. The van der Waals surface area contributed by atoms with E-state index in [2.05, 4.69) is 26.6 Å². The van der Waals surface area contributed by atoms with Crippen molar-refractivity contribution in [3.05, 3.63) is 78.1 Å². The third kappa shape index (κ3) is 11.6. The molecule has 5 atom stereocenters. The van der Waals surface area contributed by atoms with Gasteiger partial charge >= 0.3 is 0 Å². The van der Waals surface area contributed by atoms with Crippen molar-refractivity contribution < 1.29 is 37.9 Å². The zero-order chi connectivity index (χ0) is 39.4. The van der Waals surface area contributed by atoms with Crippen LogP contribution in [-0.4, -0.2) is 103 Å². The summed E-state index contributed by atoms with van der Waals surface area (Å²) in [6, 6.07) is 14.7. The fourth-order valence-corrected chi connectivity index (χ4v) is 6.37. The summed E-state index contributed by atoms with van der Waals surface area (Å²) in [5, 5.41) is 13.8. The van der Waals surface area contributed by atoms with Gasteiger partial charge in [-0.25, -0.2) is 0 Å². The highest BCUT2D eigenvalue weighted by Gasteiger charge is 2.33. The van der Waals surface area contributed by atoms with Crippen molar-refractivity contribution in [1.29, 1.82) is 0 Å². The van der Waals surface area contributed by atoms with E-state index < -0.39 is 72.2 Å². The number of thioether (sulfide) groups is 1. The minimum atomic E-state index is -1.10. The van der Waals surface area contributed by atoms with E-state index in [1.165, 1.54) is 36.6 Å². The highest BCUT2D eigenvalue weighted by Crippen LogP contribution is 2.26. The van der Waals surface area contributed by atoms with Gasteiger partial charge in [0, 0.05) is 12.1 Å². The first-order valence-electron chi connectivity index (χ1n) is 17.9. The quantitative estimate of drug-likeness (QED) is 0.218. The average molecular weight is 763 g/mol. The lowest BCUT2D eigenvalue weighted by molar-refractivity contribution is -0.135. The predicted molar refractivity (Wildman–Crippen MR) is 206 cm³/mol. The number of hydrogen-bond donors (Lipinski definition) is 5. The summed E-state index contributed by atoms with van der Waals surface area (Å²) in [5.74, 6) is -2.48. The van der Waals surface area contributed by atoms with E-state index >= 15 is 0 Å². The van der Waals surface area contributed by atoms with Crippen LogP contribution < -0.4 is 31.3 Å². The van der Waals surface area contributed by atoms with Crippen molar-refractivity contribution in [2.75, 3.05) is 32.2 Å². The summed E-state index contributed by atoms with van der Waals surface area (Å²) in [5.41, 5.74) is 1.52. The Bertz CT molecular complexity index is 1780. The Labute approximate surface area is 319 Å². The number of carbonyl (C=O) groups excluding carboxylic acids is 6. The van der Waals surface area contributed by atoms with Crippen LogP contribution in [-0.2, 0) is 30.4 Å². The van der Waals surface area contributed by atoms with Crippen LogP contribution in [0.15, 0.2) is 71.1 Å². The lowest BCUT2D eigenvalue weighted by Crippen LogP contribution is -2.60. The van der Waals surface area contributed by atoms with Gasteiger partial charge in [-0.15, -0.1) is 0 Å². The Morgan fingerprint density at radius 2 is 1.56 bits per heavy atom. The Kier molecular flexibility index (Phi) is 15.1. The number of furan rings is 1. The maximum atomic E-state index is 14.2. The SMILES string of the molecule is COc1cccc(-c2ccc(C(=O)N3CC(=O)N[C@H](C)C(=O)N[C@@H](C(C)C)C(=O)N[C@@H](CCSC)C(=O)N[C@@H](C)C(=O)N[C@H](Cc4ccccc4)C3)o2)c1. The van der Waals surface area contributed by atoms with Gasteiger partial charge in [0.1, 0.15) is 42.2 Å². The molecule has 0 spiro atoms. The molecule has 290 valence electrons. The zero-order valence-electron chi connectivity index (χ0n) is 31.5. The van der Waals surface area contributed by atoms with Crippen molar-refractivity contribution in [3.63, 3.8) is 0 Å². The van der Waals surface area contributed by atoms with Crippen LogP contribution in [0.5, 0.6) is 5.75 Å². The van der Waals surface area contributed by atoms with E-state index in [1.807, 2.05) is 36.6 Å². The van der Waals surface area contributed by atoms with Crippen molar-refractivity contribution in [2.24, 2.45) is 5.92 Å². The van der Waals surface area contributed by atoms with Gasteiger partial charge in [-0.05, 0) is 74.4 Å². The average Bonchev–Trinajstić information content (AvgIpc) is 3.65. The van der Waals surface area contributed by atoms with Gasteiger partial charge < -0.3 is 40.6 Å². The minimum absolute atomic E-state index is 0.0546. The molecule has 1 aromatic heterocycles. The molecule has 0 bridgehead atoms. The second kappa shape index (κ2) is 19.7. The van der Waals surface area contributed by atoms with Gasteiger partial charge in [0.05, 0.1) is 13.2 Å². The number of benzene rings is 2. The number of methoxy groups -OCH3 is 1. The molecule has 14 nitrogen and oxygen atoms in total. The predicted octanol–water partition coefficient (Wildman–Crippen LogP) is 2.53. The van der Waals surface area contributed by atoms with Crippen LogP contribution in [0.3, 0.4) is 0 Å². The standard InChI is InChI=1S/C39H50N6O8S/c1-23(2)34-38(50)43-30(17-18-54-6)37(49)41-25(4)35(47)42-28(19-26-11-8-7-9-12-26)21-45(22-33(46)40-24(3)36(48)44-34)39(51)32-16-15-31(53-32)27-13-10-14-29(20-27)52-5/h7-16,20,23-25,28,30,34H,17-19,21-22H2,1-6H3,(H,40,46)(H,41,49)(H,42,47)(H,43,50)(H,44,48)/t24-,25+,28-,30+,34+/m1/s1. The first-order chi connectivity index (χ1) is 25.8. The normalized spacial score (nSPS) is 22.2. The lowest BCUT2D eigenvalue weighted by atomic mass is 10.0. The van der Waals surface area contributed by atoms with Crippen LogP contribution in [0.4, 0.5) is 0 Å². The second-order valence-electron chi connectivity index (χ2n) is 13.6. The molecule has 0 saturated carbocycles. The lowest BCUT2D eigenvalue weighted by Gasteiger charge is -2.30. The number of hydrogen-bond acceptors (Lipinski definition) is 9. The van der Waals surface area contributed by atoms with Crippen LogP contribution >= 0.6 is 11.8 Å². The molecule has 1 saturated heterocycles. The molecule has 6 amide bonds. The van der Waals surface area contributed by atoms with Crippen LogP contribution in [0.1, 0.15) is 50.2 Å². The fourth-order valence-electron chi connectivity index (χ4n) is 5.90. The molecule has 1 aliphatic rings. The molecule has 1 fully saturated rings. The molecule has 15 heteroatoms. The molecule has 0 aliphatic carbocycles. The van der Waals surface area contributed by atoms with Gasteiger partial charge in [-0.3, -0.25) is 28.8 Å². The highest BCUT2D eigenvalue weighted by molar-refractivity contribution is 7.98. The summed E-state index contributed by atoms with van der Waals surface area (Å²) in [6.45, 7) is 5.85. The number of carbonyl (C=O) groups is 6. The summed E-state index contributed by atoms with van der Waals surface area (Å²) < 4.78 is 11.3. The Balaban J connectivity index is 1.71. The molecule has 4 rings (SSSR count). The monoisotopic (exact) mass is 762 g/mol. The van der Waals surface area contributed by atoms with Gasteiger partial charge in [0.15, 0.2) is 5.76 Å². The van der Waals surface area contributed by atoms with E-state index in [-0.39, 0.29) is 31.1 Å². The van der Waals surface area contributed by atoms with E-state index in [0.29, 0.717) is 22.8 Å². The molecule has 0 radical (unpaired) electrons. The van der Waals surface area contributed by atoms with E-state index in [0.717, 1.165) is 5.56 Å². The first-order valence-corrected chi connectivity index (χ1v) is 19.3. The largest absolute Gasteiger partial charge is 0.497 e. The van der Waals surface area contributed by atoms with Crippen LogP contribution in [0.2, 0.25) is 0 Å². The van der Waals surface area contributed by atoms with Gasteiger partial charge in [0.2, 0.25) is 29.5 Å². The van der Waals surface area contributed by atoms with Gasteiger partial charge in [0.25, 0.3) is 5.91 Å². The van der Waals surface area contributed by atoms with E-state index in [1.54, 1.807) is 51.3 Å². The van der Waals surface area contributed by atoms with Crippen molar-refractivity contribution in [2.45, 2.75) is 70.7 Å². The summed E-state index contributed by atoms with van der Waals surface area (Å²) in [7, 11) is 1.54. The summed E-state index contributed by atoms with van der Waals surface area (Å²) in [4.78, 5) is 83.1. The summed E-state index contributed by atoms with van der Waals surface area (Å²) >= 11 is 1.49. The van der Waals surface area contributed by atoms with Crippen LogP contribution in [0.25, 0.3) is 11.3 Å². The van der Waals surface area contributed by atoms with Crippen molar-refractivity contribution in [1.82, 2.24) is 31.5 Å². The van der Waals surface area contributed by atoms with Crippen molar-refractivity contribution in [3.8, 4) is 17.1 Å². The molecule has 2 aromatic carbocycles. The summed E-state index contributed by atoms with van der Waals surface area (Å²) in [6.07, 6.45) is 2.42. The third-order valence-corrected chi connectivity index (χ3v) is 9.56. The molecule has 54 heavy (non-hydrogen) atoms. The molecule has 0 unspecified atom stereocenters. The smallest absolute Gasteiger partial charge is 0.290 e. The Morgan fingerprint density at radius 1 is 0.852 bits per heavy atom. The first kappa shape index (κ1) is 41.4. The van der Waals surface area contributed by atoms with Gasteiger partial charge in [-0.2, -0.15) is 11.8 Å². The van der Waals surface area contributed by atoms with Gasteiger partial charge in [-0.1, -0.05) is 56.3 Å². The molecular weight excluding hydrogens is 713 g/mol. The number of nitrogens with one attached hydrogen (secondary N) is 5. The third-order valence-electron chi connectivity index (χ3n) is 8.92. The molecule has 1 aliphatic heterocycles. The molecule has 5 N–H and O–H groups in total. The topological polar surface area (TPSA) is 188 Å². The highest BCUT2D eigenvalue weighted by atomic mass is 32.2. The second-order valence-corrected chi connectivity index (χ2v) is 14.6. The van der Waals surface area contributed by atoms with E-state index in [4.69, 9.17) is 9.15 Å². The van der Waals surface area contributed by atoms with E-state index in [9.17, 15) is 28.8 Å². The number of nitrogens with zero attached hydrogens (tertiary/aromatic N) is 1. The van der Waals surface area contributed by atoms with Crippen LogP contribution in [0, 0.1) is 5.92 Å². The Morgan fingerprint density at radius 3 is 2.24 bits per heavy atom. The maximum Gasteiger partial charge on any atom is 0.290 e. The number of rotatable bonds is 9. The zero-order valence-corrected chi connectivity index (χ0v) is 32.3. The Hall–Kier alpha value is -5.31. The molecule has 3 aromatic rings. The molecule has 2 heterocycles. The number of ether oxygens (including phenoxy) is 1. The number of amides is 6. The fraction of sp³-hybridized carbons (Fsp3) is 0.436. The molecular formula is C39H50N6O8S.